The zero-order valence-corrected chi connectivity index (χ0v) is 17.2. The molecule has 144 valence electrons. The van der Waals surface area contributed by atoms with E-state index in [4.69, 9.17) is 9.47 Å². The van der Waals surface area contributed by atoms with Crippen LogP contribution in [0.1, 0.15) is 28.4 Å². The lowest BCUT2D eigenvalue weighted by Gasteiger charge is -2.40. The lowest BCUT2D eigenvalue weighted by atomic mass is 9.79. The molecule has 0 fully saturated rings. The molecule has 4 aromatic rings. The standard InChI is InChI=1S/C27H18O2S/c1-28-18-11-12-20-24(15-18)30-27-21-9-5-3-7-17(21)14-22(27)25-19-8-4-2-6-16(19)10-13-23(25)29-26(20)27/h2-15,26H,1H3/t26-,27-/m0/s1. The highest BCUT2D eigenvalue weighted by atomic mass is 32.2. The molecular weight excluding hydrogens is 388 g/mol. The summed E-state index contributed by atoms with van der Waals surface area (Å²) in [6, 6.07) is 28.0. The molecule has 2 aliphatic heterocycles. The van der Waals surface area contributed by atoms with Gasteiger partial charge < -0.3 is 9.47 Å². The highest BCUT2D eigenvalue weighted by molar-refractivity contribution is 8.01. The van der Waals surface area contributed by atoms with E-state index < -0.39 is 0 Å². The van der Waals surface area contributed by atoms with E-state index in [9.17, 15) is 0 Å². The third kappa shape index (κ3) is 1.91. The molecule has 3 heteroatoms. The topological polar surface area (TPSA) is 18.5 Å². The Morgan fingerprint density at radius 1 is 0.933 bits per heavy atom. The lowest BCUT2D eigenvalue weighted by Crippen LogP contribution is -2.33. The molecule has 0 saturated heterocycles. The van der Waals surface area contributed by atoms with Gasteiger partial charge in [0, 0.05) is 16.0 Å². The van der Waals surface area contributed by atoms with Gasteiger partial charge in [-0.1, -0.05) is 60.7 Å². The first-order valence-electron chi connectivity index (χ1n) is 10.2. The van der Waals surface area contributed by atoms with Gasteiger partial charge in [0.15, 0.2) is 0 Å². The van der Waals surface area contributed by atoms with Crippen molar-refractivity contribution >= 4 is 34.2 Å². The summed E-state index contributed by atoms with van der Waals surface area (Å²) in [6.07, 6.45) is 2.32. The van der Waals surface area contributed by atoms with Gasteiger partial charge in [0.05, 0.1) is 7.11 Å². The second-order valence-electron chi connectivity index (χ2n) is 8.04. The van der Waals surface area contributed by atoms with Crippen molar-refractivity contribution in [2.24, 2.45) is 0 Å². The summed E-state index contributed by atoms with van der Waals surface area (Å²) in [6.45, 7) is 0. The SMILES string of the molecule is COc1ccc2c(c1)S[C@]13C(=Cc4ccccc41)c1c(ccc4ccccc14)O[C@@H]23. The normalized spacial score (nSPS) is 22.3. The Balaban J connectivity index is 1.57. The molecule has 0 amide bonds. The van der Waals surface area contributed by atoms with Crippen molar-refractivity contribution in [2.75, 3.05) is 7.11 Å². The average molecular weight is 407 g/mol. The molecule has 0 saturated carbocycles. The van der Waals surface area contributed by atoms with Crippen LogP contribution in [0.4, 0.5) is 0 Å². The van der Waals surface area contributed by atoms with E-state index in [-0.39, 0.29) is 10.9 Å². The fraction of sp³-hybridized carbons (Fsp3) is 0.111. The van der Waals surface area contributed by atoms with Crippen LogP contribution in [-0.2, 0) is 4.75 Å². The van der Waals surface area contributed by atoms with Gasteiger partial charge in [0.2, 0.25) is 0 Å². The molecule has 4 aromatic carbocycles. The van der Waals surface area contributed by atoms with Crippen LogP contribution in [0.25, 0.3) is 22.4 Å². The van der Waals surface area contributed by atoms with Crippen molar-refractivity contribution in [1.29, 1.82) is 0 Å². The van der Waals surface area contributed by atoms with Crippen LogP contribution in [0.3, 0.4) is 0 Å². The minimum atomic E-state index is -0.275. The van der Waals surface area contributed by atoms with Gasteiger partial charge in [-0.3, -0.25) is 0 Å². The lowest BCUT2D eigenvalue weighted by molar-refractivity contribution is 0.173. The van der Waals surface area contributed by atoms with E-state index in [2.05, 4.69) is 78.9 Å². The highest BCUT2D eigenvalue weighted by Crippen LogP contribution is 2.71. The van der Waals surface area contributed by atoms with Crippen LogP contribution in [0.5, 0.6) is 11.5 Å². The van der Waals surface area contributed by atoms with Crippen LogP contribution < -0.4 is 9.47 Å². The van der Waals surface area contributed by atoms with Gasteiger partial charge >= 0.3 is 0 Å². The van der Waals surface area contributed by atoms with Gasteiger partial charge in [-0.25, -0.2) is 0 Å². The van der Waals surface area contributed by atoms with Crippen molar-refractivity contribution in [3.05, 3.63) is 101 Å². The summed E-state index contributed by atoms with van der Waals surface area (Å²) < 4.78 is 12.1. The van der Waals surface area contributed by atoms with Crippen LogP contribution in [0, 0.1) is 0 Å². The van der Waals surface area contributed by atoms with Crippen molar-refractivity contribution in [3.63, 3.8) is 0 Å². The quantitative estimate of drug-likeness (QED) is 0.345. The number of fused-ring (bicyclic) bond motifs is 7. The Labute approximate surface area is 179 Å². The summed E-state index contributed by atoms with van der Waals surface area (Å²) in [4.78, 5) is 1.24. The molecule has 0 N–H and O–H groups in total. The first-order chi connectivity index (χ1) is 14.8. The summed E-state index contributed by atoms with van der Waals surface area (Å²) in [5.41, 5.74) is 6.44. The third-order valence-electron chi connectivity index (χ3n) is 6.61. The minimum absolute atomic E-state index is 0.0630. The molecule has 0 radical (unpaired) electrons. The molecule has 7 rings (SSSR count). The number of hydrogen-bond donors (Lipinski definition) is 0. The van der Waals surface area contributed by atoms with Crippen LogP contribution in [0.2, 0.25) is 0 Å². The van der Waals surface area contributed by atoms with Crippen LogP contribution >= 0.6 is 11.8 Å². The fourth-order valence-corrected chi connectivity index (χ4v) is 6.98. The van der Waals surface area contributed by atoms with Crippen molar-refractivity contribution in [3.8, 4) is 11.5 Å². The summed E-state index contributed by atoms with van der Waals surface area (Å²) in [5, 5.41) is 2.49. The maximum atomic E-state index is 6.82. The average Bonchev–Trinajstić information content (AvgIpc) is 3.30. The highest BCUT2D eigenvalue weighted by Gasteiger charge is 2.58. The summed E-state index contributed by atoms with van der Waals surface area (Å²) in [7, 11) is 1.72. The second kappa shape index (κ2) is 5.71. The third-order valence-corrected chi connectivity index (χ3v) is 8.16. The molecule has 0 aromatic heterocycles. The maximum absolute atomic E-state index is 6.82. The molecule has 0 unspecified atom stereocenters. The molecule has 1 aliphatic carbocycles. The number of benzene rings is 4. The molecule has 0 bridgehead atoms. The van der Waals surface area contributed by atoms with Gasteiger partial charge in [-0.2, -0.15) is 0 Å². The van der Waals surface area contributed by atoms with Crippen LogP contribution in [-0.4, -0.2) is 7.11 Å². The summed E-state index contributed by atoms with van der Waals surface area (Å²) in [5.74, 6) is 1.86. The van der Waals surface area contributed by atoms with Gasteiger partial charge in [0.1, 0.15) is 22.4 Å². The van der Waals surface area contributed by atoms with E-state index >= 15 is 0 Å². The van der Waals surface area contributed by atoms with Crippen molar-refractivity contribution < 1.29 is 9.47 Å². The van der Waals surface area contributed by atoms with Crippen molar-refractivity contribution in [1.82, 2.24) is 0 Å². The van der Waals surface area contributed by atoms with Gasteiger partial charge in [-0.05, 0) is 51.7 Å². The molecule has 2 atom stereocenters. The number of rotatable bonds is 1. The second-order valence-corrected chi connectivity index (χ2v) is 9.33. The Hall–Kier alpha value is -3.17. The minimum Gasteiger partial charge on any atom is -0.497 e. The molecule has 2 heterocycles. The number of ether oxygens (including phenoxy) is 2. The van der Waals surface area contributed by atoms with Crippen molar-refractivity contribution in [2.45, 2.75) is 15.7 Å². The molecule has 2 nitrogen and oxygen atoms in total. The molecule has 3 aliphatic rings. The Morgan fingerprint density at radius 2 is 1.80 bits per heavy atom. The predicted octanol–water partition coefficient (Wildman–Crippen LogP) is 6.84. The van der Waals surface area contributed by atoms with E-state index in [0.29, 0.717) is 0 Å². The van der Waals surface area contributed by atoms with E-state index in [0.717, 1.165) is 11.5 Å². The fourth-order valence-electron chi connectivity index (χ4n) is 5.31. The smallest absolute Gasteiger partial charge is 0.148 e. The Bertz CT molecular complexity index is 1400. The predicted molar refractivity (Wildman–Crippen MR) is 122 cm³/mol. The molecular formula is C27H18O2S. The first-order valence-corrected chi connectivity index (χ1v) is 11.0. The Kier molecular flexibility index (Phi) is 3.16. The zero-order chi connectivity index (χ0) is 19.9. The first kappa shape index (κ1) is 16.6. The number of thioether (sulfide) groups is 1. The van der Waals surface area contributed by atoms with E-state index in [1.54, 1.807) is 7.11 Å². The molecule has 30 heavy (non-hydrogen) atoms. The van der Waals surface area contributed by atoms with Crippen LogP contribution in [0.15, 0.2) is 83.8 Å². The Morgan fingerprint density at radius 3 is 2.73 bits per heavy atom. The van der Waals surface area contributed by atoms with E-state index in [1.807, 2.05) is 17.8 Å². The number of hydrogen-bond acceptors (Lipinski definition) is 3. The largest absolute Gasteiger partial charge is 0.497 e. The maximum Gasteiger partial charge on any atom is 0.148 e. The molecule has 1 spiro atoms. The van der Waals surface area contributed by atoms with E-state index in [1.165, 1.54) is 43.5 Å². The van der Waals surface area contributed by atoms with Gasteiger partial charge in [0.25, 0.3) is 0 Å². The summed E-state index contributed by atoms with van der Waals surface area (Å²) >= 11 is 1.91. The zero-order valence-electron chi connectivity index (χ0n) is 16.4. The van der Waals surface area contributed by atoms with Gasteiger partial charge in [-0.15, -0.1) is 11.8 Å². The number of methoxy groups -OCH3 is 1. The monoisotopic (exact) mass is 406 g/mol.